The number of carbonyl (C=O) groups is 1. The van der Waals surface area contributed by atoms with Crippen molar-refractivity contribution in [1.29, 1.82) is 0 Å². The van der Waals surface area contributed by atoms with Crippen molar-refractivity contribution in [2.24, 2.45) is 5.92 Å². The number of carbonyl (C=O) groups excluding carboxylic acids is 1. The Hall–Kier alpha value is -2.99. The second-order valence-electron chi connectivity index (χ2n) is 8.73. The van der Waals surface area contributed by atoms with Gasteiger partial charge in [0.25, 0.3) is 5.56 Å². The molecule has 0 spiro atoms. The monoisotopic (exact) mass is 416 g/mol. The topological polar surface area (TPSA) is 69.3 Å². The summed E-state index contributed by atoms with van der Waals surface area (Å²) in [6.07, 6.45) is 4.34. The summed E-state index contributed by atoms with van der Waals surface area (Å²) in [5.74, 6) is 0.394. The Labute approximate surface area is 181 Å². The molecule has 3 heterocycles. The van der Waals surface area contributed by atoms with E-state index in [1.165, 1.54) is 11.1 Å². The molecule has 0 saturated carbocycles. The lowest BCUT2D eigenvalue weighted by Crippen LogP contribution is -2.50. The second kappa shape index (κ2) is 8.27. The summed E-state index contributed by atoms with van der Waals surface area (Å²) in [4.78, 5) is 37.0. The van der Waals surface area contributed by atoms with E-state index in [0.29, 0.717) is 12.3 Å². The van der Waals surface area contributed by atoms with Gasteiger partial charge in [0, 0.05) is 50.4 Å². The molecule has 1 fully saturated rings. The SMILES string of the molecule is CCc1cc2ncc(CN3CCN(C(=O)C4Cc5ccccc5C4)CC3)cc2[nH]c1=O. The zero-order valence-electron chi connectivity index (χ0n) is 17.9. The third-order valence-corrected chi connectivity index (χ3v) is 6.70. The van der Waals surface area contributed by atoms with Crippen LogP contribution in [0.2, 0.25) is 0 Å². The molecule has 0 bridgehead atoms. The molecule has 1 saturated heterocycles. The van der Waals surface area contributed by atoms with Gasteiger partial charge in [0.05, 0.1) is 11.0 Å². The maximum absolute atomic E-state index is 13.0. The number of aromatic nitrogens is 2. The van der Waals surface area contributed by atoms with Crippen LogP contribution in [0, 0.1) is 5.92 Å². The number of nitrogens with zero attached hydrogens (tertiary/aromatic N) is 3. The largest absolute Gasteiger partial charge is 0.340 e. The van der Waals surface area contributed by atoms with E-state index in [2.05, 4.69) is 39.1 Å². The van der Waals surface area contributed by atoms with Gasteiger partial charge in [-0.3, -0.25) is 19.5 Å². The number of aromatic amines is 1. The first kappa shape index (κ1) is 19.9. The average molecular weight is 417 g/mol. The van der Waals surface area contributed by atoms with Crippen molar-refractivity contribution in [3.05, 3.63) is 75.2 Å². The number of rotatable bonds is 4. The van der Waals surface area contributed by atoms with Crippen molar-refractivity contribution in [3.8, 4) is 0 Å². The van der Waals surface area contributed by atoms with Gasteiger partial charge < -0.3 is 9.88 Å². The van der Waals surface area contributed by atoms with Crippen LogP contribution in [0.25, 0.3) is 11.0 Å². The molecule has 31 heavy (non-hydrogen) atoms. The van der Waals surface area contributed by atoms with E-state index in [9.17, 15) is 9.59 Å². The smallest absolute Gasteiger partial charge is 0.251 e. The molecular formula is C25H28N4O2. The maximum Gasteiger partial charge on any atom is 0.251 e. The van der Waals surface area contributed by atoms with Gasteiger partial charge in [-0.25, -0.2) is 0 Å². The van der Waals surface area contributed by atoms with E-state index in [-0.39, 0.29) is 11.5 Å². The van der Waals surface area contributed by atoms with Crippen molar-refractivity contribution in [3.63, 3.8) is 0 Å². The van der Waals surface area contributed by atoms with Crippen LogP contribution in [0.15, 0.2) is 47.4 Å². The highest BCUT2D eigenvalue weighted by Gasteiger charge is 2.32. The molecule has 2 aliphatic rings. The van der Waals surface area contributed by atoms with Crippen LogP contribution < -0.4 is 5.56 Å². The molecule has 6 nitrogen and oxygen atoms in total. The number of hydrogen-bond acceptors (Lipinski definition) is 4. The minimum atomic E-state index is -0.0323. The quantitative estimate of drug-likeness (QED) is 0.710. The van der Waals surface area contributed by atoms with Crippen molar-refractivity contribution in [2.45, 2.75) is 32.7 Å². The molecule has 0 unspecified atom stereocenters. The molecular weight excluding hydrogens is 388 g/mol. The summed E-state index contributed by atoms with van der Waals surface area (Å²) in [6, 6.07) is 12.3. The number of amides is 1. The summed E-state index contributed by atoms with van der Waals surface area (Å²) in [5.41, 5.74) is 6.08. The number of fused-ring (bicyclic) bond motifs is 2. The van der Waals surface area contributed by atoms with Crippen LogP contribution in [0.1, 0.15) is 29.2 Å². The van der Waals surface area contributed by atoms with E-state index in [4.69, 9.17) is 0 Å². The highest BCUT2D eigenvalue weighted by molar-refractivity contribution is 5.80. The summed E-state index contributed by atoms with van der Waals surface area (Å²) in [6.45, 7) is 5.99. The lowest BCUT2D eigenvalue weighted by Gasteiger charge is -2.36. The maximum atomic E-state index is 13.0. The average Bonchev–Trinajstić information content (AvgIpc) is 3.23. The Morgan fingerprint density at radius 3 is 2.48 bits per heavy atom. The van der Waals surface area contributed by atoms with Crippen LogP contribution >= 0.6 is 0 Å². The standard InChI is InChI=1S/C25H28N4O2/c1-2-18-14-22-23(27-24(18)30)11-17(15-26-22)16-28-7-9-29(10-8-28)25(31)21-12-19-5-3-4-6-20(19)13-21/h3-6,11,14-15,21H,2,7-10,12-13,16H2,1H3,(H,27,30). The van der Waals surface area contributed by atoms with Crippen LogP contribution in [-0.2, 0) is 30.6 Å². The van der Waals surface area contributed by atoms with Gasteiger partial charge in [0.2, 0.25) is 5.91 Å². The van der Waals surface area contributed by atoms with Crippen molar-refractivity contribution in [1.82, 2.24) is 19.8 Å². The molecule has 0 atom stereocenters. The fourth-order valence-corrected chi connectivity index (χ4v) is 4.89. The van der Waals surface area contributed by atoms with Crippen molar-refractivity contribution < 1.29 is 4.79 Å². The summed E-state index contributed by atoms with van der Waals surface area (Å²) in [7, 11) is 0. The van der Waals surface area contributed by atoms with Crippen LogP contribution in [0.3, 0.4) is 0 Å². The van der Waals surface area contributed by atoms with E-state index in [1.807, 2.05) is 30.2 Å². The van der Waals surface area contributed by atoms with Gasteiger partial charge in [0.15, 0.2) is 0 Å². The molecule has 1 amide bonds. The molecule has 160 valence electrons. The number of H-pyrrole nitrogens is 1. The lowest BCUT2D eigenvalue weighted by atomic mass is 10.0. The third-order valence-electron chi connectivity index (χ3n) is 6.70. The Morgan fingerprint density at radius 1 is 1.10 bits per heavy atom. The third kappa shape index (κ3) is 4.00. The molecule has 0 radical (unpaired) electrons. The van der Waals surface area contributed by atoms with Gasteiger partial charge in [-0.15, -0.1) is 0 Å². The zero-order valence-corrected chi connectivity index (χ0v) is 17.9. The van der Waals surface area contributed by atoms with E-state index >= 15 is 0 Å². The van der Waals surface area contributed by atoms with Gasteiger partial charge in [-0.05, 0) is 48.1 Å². The predicted molar refractivity (Wildman–Crippen MR) is 121 cm³/mol. The van der Waals surface area contributed by atoms with Crippen molar-refractivity contribution >= 4 is 16.9 Å². The molecule has 1 aliphatic carbocycles. The fraction of sp³-hybridized carbons (Fsp3) is 0.400. The summed E-state index contributed by atoms with van der Waals surface area (Å²) in [5, 5.41) is 0. The summed E-state index contributed by atoms with van der Waals surface area (Å²) < 4.78 is 0. The number of pyridine rings is 2. The van der Waals surface area contributed by atoms with Crippen LogP contribution in [0.4, 0.5) is 0 Å². The Morgan fingerprint density at radius 2 is 1.81 bits per heavy atom. The van der Waals surface area contributed by atoms with Crippen LogP contribution in [0.5, 0.6) is 0 Å². The molecule has 1 N–H and O–H groups in total. The summed E-state index contributed by atoms with van der Waals surface area (Å²) >= 11 is 0. The van der Waals surface area contributed by atoms with Crippen molar-refractivity contribution in [2.75, 3.05) is 26.2 Å². The molecule has 1 aromatic carbocycles. The van der Waals surface area contributed by atoms with Gasteiger partial charge >= 0.3 is 0 Å². The normalized spacial score (nSPS) is 17.3. The van der Waals surface area contributed by atoms with E-state index in [1.54, 1.807) is 0 Å². The Kier molecular flexibility index (Phi) is 5.32. The molecule has 6 heteroatoms. The first-order chi connectivity index (χ1) is 15.1. The molecule has 3 aromatic rings. The highest BCUT2D eigenvalue weighted by Crippen LogP contribution is 2.28. The molecule has 2 aromatic heterocycles. The van der Waals surface area contributed by atoms with E-state index in [0.717, 1.165) is 67.7 Å². The number of aryl methyl sites for hydroxylation is 1. The van der Waals surface area contributed by atoms with Crippen LogP contribution in [-0.4, -0.2) is 51.9 Å². The predicted octanol–water partition coefficient (Wildman–Crippen LogP) is 2.54. The van der Waals surface area contributed by atoms with Gasteiger partial charge in [-0.1, -0.05) is 31.2 Å². The second-order valence-corrected chi connectivity index (χ2v) is 8.73. The Bertz CT molecular complexity index is 1150. The Balaban J connectivity index is 1.19. The number of nitrogens with one attached hydrogen (secondary N) is 1. The molecule has 5 rings (SSSR count). The van der Waals surface area contributed by atoms with Gasteiger partial charge in [-0.2, -0.15) is 0 Å². The highest BCUT2D eigenvalue weighted by atomic mass is 16.2. The van der Waals surface area contributed by atoms with Gasteiger partial charge in [0.1, 0.15) is 0 Å². The first-order valence-corrected chi connectivity index (χ1v) is 11.2. The number of benzene rings is 1. The number of piperazine rings is 1. The first-order valence-electron chi connectivity index (χ1n) is 11.2. The van der Waals surface area contributed by atoms with E-state index < -0.39 is 0 Å². The fourth-order valence-electron chi connectivity index (χ4n) is 4.89. The lowest BCUT2D eigenvalue weighted by molar-refractivity contribution is -0.137. The molecule has 1 aliphatic heterocycles. The zero-order chi connectivity index (χ0) is 21.4. The number of hydrogen-bond donors (Lipinski definition) is 1. The minimum absolute atomic E-state index is 0.0323. The minimum Gasteiger partial charge on any atom is -0.340 e.